The molecule has 1 saturated carbocycles. The fraction of sp³-hybridized carbons (Fsp3) is 0.259. The molecule has 1 unspecified atom stereocenters. The first-order valence-corrected chi connectivity index (χ1v) is 10.9. The molecule has 4 nitrogen and oxygen atoms in total. The lowest BCUT2D eigenvalue weighted by molar-refractivity contribution is -0.141. The van der Waals surface area contributed by atoms with Crippen molar-refractivity contribution in [2.75, 3.05) is 0 Å². The first kappa shape index (κ1) is 19.6. The van der Waals surface area contributed by atoms with Crippen molar-refractivity contribution in [1.29, 1.82) is 0 Å². The lowest BCUT2D eigenvalue weighted by atomic mass is 9.91. The average Bonchev–Trinajstić information content (AvgIpc) is 3.40. The summed E-state index contributed by atoms with van der Waals surface area (Å²) in [5, 5.41) is 13.3. The SMILES string of the molecule is Cc1ccccc1C1/C(=C(\O)c2cccc3ccccc23)C(=O)C(=O)N1C1CCCC1. The Hall–Kier alpha value is -3.40. The van der Waals surface area contributed by atoms with Crippen molar-refractivity contribution >= 4 is 28.2 Å². The molecule has 31 heavy (non-hydrogen) atoms. The van der Waals surface area contributed by atoms with E-state index < -0.39 is 17.7 Å². The summed E-state index contributed by atoms with van der Waals surface area (Å²) in [6, 6.07) is 20.7. The fourth-order valence-corrected chi connectivity index (χ4v) is 5.19. The second-order valence-electron chi connectivity index (χ2n) is 8.53. The highest BCUT2D eigenvalue weighted by Gasteiger charge is 2.49. The van der Waals surface area contributed by atoms with Gasteiger partial charge in [0.25, 0.3) is 11.7 Å². The number of amides is 1. The van der Waals surface area contributed by atoms with Crippen LogP contribution in [0.25, 0.3) is 16.5 Å². The molecule has 3 aromatic carbocycles. The van der Waals surface area contributed by atoms with Crippen molar-refractivity contribution < 1.29 is 14.7 Å². The molecule has 1 aliphatic carbocycles. The second kappa shape index (κ2) is 7.69. The molecule has 3 aromatic rings. The highest BCUT2D eigenvalue weighted by molar-refractivity contribution is 6.46. The van der Waals surface area contributed by atoms with Crippen molar-refractivity contribution in [2.24, 2.45) is 0 Å². The molecule has 1 atom stereocenters. The number of nitrogens with zero attached hydrogens (tertiary/aromatic N) is 1. The zero-order valence-electron chi connectivity index (χ0n) is 17.5. The Morgan fingerprint density at radius 3 is 2.35 bits per heavy atom. The number of benzene rings is 3. The number of aliphatic hydroxyl groups excluding tert-OH is 1. The first-order valence-electron chi connectivity index (χ1n) is 10.9. The Balaban J connectivity index is 1.76. The Morgan fingerprint density at radius 2 is 1.58 bits per heavy atom. The van der Waals surface area contributed by atoms with Crippen LogP contribution in [0.2, 0.25) is 0 Å². The van der Waals surface area contributed by atoms with E-state index in [9.17, 15) is 14.7 Å². The van der Waals surface area contributed by atoms with Gasteiger partial charge in [0.1, 0.15) is 5.76 Å². The number of carbonyl (C=O) groups excluding carboxylic acids is 2. The van der Waals surface area contributed by atoms with Gasteiger partial charge in [0.2, 0.25) is 0 Å². The smallest absolute Gasteiger partial charge is 0.295 e. The van der Waals surface area contributed by atoms with Crippen molar-refractivity contribution in [3.05, 3.63) is 89.0 Å². The minimum Gasteiger partial charge on any atom is -0.507 e. The third-order valence-corrected chi connectivity index (χ3v) is 6.73. The monoisotopic (exact) mass is 411 g/mol. The Labute approximate surface area is 181 Å². The standard InChI is InChI=1S/C27H25NO3/c1-17-9-2-6-14-20(17)24-23(26(30)27(31)28(24)19-12-4-5-13-19)25(29)22-16-8-11-18-10-3-7-15-21(18)22/h2-3,6-11,14-16,19,24,29H,4-5,12-13H2,1H3/b25-23+. The van der Waals surface area contributed by atoms with E-state index in [1.165, 1.54) is 0 Å². The largest absolute Gasteiger partial charge is 0.507 e. The number of fused-ring (bicyclic) bond motifs is 1. The minimum absolute atomic E-state index is 0.0267. The molecule has 5 rings (SSSR count). The van der Waals surface area contributed by atoms with Crippen LogP contribution in [0.3, 0.4) is 0 Å². The summed E-state index contributed by atoms with van der Waals surface area (Å²) in [6.07, 6.45) is 3.89. The molecule has 1 aliphatic heterocycles. The number of carbonyl (C=O) groups is 2. The quantitative estimate of drug-likeness (QED) is 0.351. The summed E-state index contributed by atoms with van der Waals surface area (Å²) >= 11 is 0. The number of Topliss-reactive ketones (excluding diaryl/α,β-unsaturated/α-hetero) is 1. The molecule has 1 saturated heterocycles. The number of likely N-dealkylation sites (tertiary alicyclic amines) is 1. The lowest BCUT2D eigenvalue weighted by Gasteiger charge is -2.31. The molecule has 0 bridgehead atoms. The van der Waals surface area contributed by atoms with E-state index in [0.29, 0.717) is 5.56 Å². The van der Waals surface area contributed by atoms with E-state index in [0.717, 1.165) is 47.6 Å². The van der Waals surface area contributed by atoms with Gasteiger partial charge in [-0.15, -0.1) is 0 Å². The van der Waals surface area contributed by atoms with E-state index in [1.807, 2.05) is 73.7 Å². The molecule has 156 valence electrons. The second-order valence-corrected chi connectivity index (χ2v) is 8.53. The first-order chi connectivity index (χ1) is 15.1. The number of hydrogen-bond acceptors (Lipinski definition) is 3. The van der Waals surface area contributed by atoms with Gasteiger partial charge in [-0.3, -0.25) is 9.59 Å². The topological polar surface area (TPSA) is 57.6 Å². The van der Waals surface area contributed by atoms with Gasteiger partial charge in [-0.2, -0.15) is 0 Å². The summed E-state index contributed by atoms with van der Waals surface area (Å²) in [5.41, 5.74) is 2.68. The molecule has 0 radical (unpaired) electrons. The maximum absolute atomic E-state index is 13.3. The van der Waals surface area contributed by atoms with Crippen LogP contribution in [0.1, 0.15) is 48.4 Å². The zero-order chi connectivity index (χ0) is 21.5. The third-order valence-electron chi connectivity index (χ3n) is 6.73. The van der Waals surface area contributed by atoms with Gasteiger partial charge in [-0.1, -0.05) is 79.6 Å². The summed E-state index contributed by atoms with van der Waals surface area (Å²) in [7, 11) is 0. The van der Waals surface area contributed by atoms with Crippen LogP contribution in [0.5, 0.6) is 0 Å². The lowest BCUT2D eigenvalue weighted by Crippen LogP contribution is -2.37. The number of hydrogen-bond donors (Lipinski definition) is 1. The normalized spacial score (nSPS) is 21.3. The molecule has 1 amide bonds. The van der Waals surface area contributed by atoms with Crippen molar-refractivity contribution in [3.63, 3.8) is 0 Å². The number of rotatable bonds is 3. The van der Waals surface area contributed by atoms with Crippen molar-refractivity contribution in [1.82, 2.24) is 4.90 Å². The van der Waals surface area contributed by atoms with E-state index in [-0.39, 0.29) is 17.4 Å². The van der Waals surface area contributed by atoms with Gasteiger partial charge in [0.05, 0.1) is 11.6 Å². The molecule has 1 N–H and O–H groups in total. The maximum atomic E-state index is 13.3. The number of aliphatic hydroxyl groups is 1. The van der Waals surface area contributed by atoms with Gasteiger partial charge < -0.3 is 10.0 Å². The van der Waals surface area contributed by atoms with Gasteiger partial charge in [0.15, 0.2) is 0 Å². The molecular formula is C27H25NO3. The van der Waals surface area contributed by atoms with Crippen LogP contribution in [0, 0.1) is 6.92 Å². The van der Waals surface area contributed by atoms with E-state index in [2.05, 4.69) is 0 Å². The van der Waals surface area contributed by atoms with E-state index in [4.69, 9.17) is 0 Å². The Morgan fingerprint density at radius 1 is 0.903 bits per heavy atom. The van der Waals surface area contributed by atoms with Crippen molar-refractivity contribution in [3.8, 4) is 0 Å². The molecule has 1 heterocycles. The predicted molar refractivity (Wildman–Crippen MR) is 122 cm³/mol. The maximum Gasteiger partial charge on any atom is 0.295 e. The molecule has 4 heteroatoms. The van der Waals surface area contributed by atoms with Gasteiger partial charge in [0, 0.05) is 11.6 Å². The molecule has 0 aromatic heterocycles. The molecule has 2 aliphatic rings. The highest BCUT2D eigenvalue weighted by Crippen LogP contribution is 2.44. The van der Waals surface area contributed by atoms with Crippen LogP contribution >= 0.6 is 0 Å². The Kier molecular flexibility index (Phi) is 4.85. The zero-order valence-corrected chi connectivity index (χ0v) is 17.5. The minimum atomic E-state index is -0.592. The van der Waals surface area contributed by atoms with E-state index >= 15 is 0 Å². The summed E-state index contributed by atoms with van der Waals surface area (Å²) in [6.45, 7) is 1.99. The van der Waals surface area contributed by atoms with Crippen LogP contribution in [0.4, 0.5) is 0 Å². The number of ketones is 1. The highest BCUT2D eigenvalue weighted by atomic mass is 16.3. The Bertz CT molecular complexity index is 1210. The summed E-state index contributed by atoms with van der Waals surface area (Å²) in [4.78, 5) is 28.3. The van der Waals surface area contributed by atoms with E-state index in [1.54, 1.807) is 4.90 Å². The average molecular weight is 412 g/mol. The van der Waals surface area contributed by atoms with Crippen LogP contribution in [-0.4, -0.2) is 27.7 Å². The molecular weight excluding hydrogens is 386 g/mol. The number of aryl methyl sites for hydroxylation is 1. The van der Waals surface area contributed by atoms with Gasteiger partial charge in [-0.25, -0.2) is 0 Å². The summed E-state index contributed by atoms with van der Waals surface area (Å²) in [5.74, 6) is -1.18. The predicted octanol–water partition coefficient (Wildman–Crippen LogP) is 5.51. The molecule has 0 spiro atoms. The third kappa shape index (κ3) is 3.14. The van der Waals surface area contributed by atoms with Crippen molar-refractivity contribution in [2.45, 2.75) is 44.7 Å². The van der Waals surface area contributed by atoms with Crippen LogP contribution < -0.4 is 0 Å². The van der Waals surface area contributed by atoms with Crippen LogP contribution in [-0.2, 0) is 9.59 Å². The molecule has 2 fully saturated rings. The van der Waals surface area contributed by atoms with Crippen LogP contribution in [0.15, 0.2) is 72.3 Å². The van der Waals surface area contributed by atoms with Gasteiger partial charge in [-0.05, 0) is 41.7 Å². The van der Waals surface area contributed by atoms with Gasteiger partial charge >= 0.3 is 0 Å². The summed E-state index contributed by atoms with van der Waals surface area (Å²) < 4.78 is 0. The fourth-order valence-electron chi connectivity index (χ4n) is 5.19.